The van der Waals surface area contributed by atoms with Gasteiger partial charge in [-0.1, -0.05) is 48.4 Å². The Morgan fingerprint density at radius 1 is 0.968 bits per heavy atom. The Labute approximate surface area is 188 Å². The lowest BCUT2D eigenvalue weighted by atomic mass is 10.1. The zero-order chi connectivity index (χ0) is 22.6. The van der Waals surface area contributed by atoms with E-state index in [1.54, 1.807) is 42.5 Å². The molecule has 0 fully saturated rings. The van der Waals surface area contributed by atoms with Crippen LogP contribution in [0.3, 0.4) is 0 Å². The summed E-state index contributed by atoms with van der Waals surface area (Å²) in [5, 5.41) is 0.582. The van der Waals surface area contributed by atoms with E-state index in [0.29, 0.717) is 10.8 Å². The van der Waals surface area contributed by atoms with Crippen LogP contribution in [-0.4, -0.2) is 20.9 Å². The first-order valence-electron chi connectivity index (χ1n) is 9.85. The minimum absolute atomic E-state index is 0.0355. The SMILES string of the molecule is CCc1ccc(N(C(=O)COc2ccc(Cl)c(C)c2)S(=O)(=O)c2ccc(C)cc2)cc1. The first-order valence-corrected chi connectivity index (χ1v) is 11.7. The molecular weight excluding hydrogens is 434 g/mol. The van der Waals surface area contributed by atoms with Crippen LogP contribution in [0.1, 0.15) is 23.6 Å². The third-order valence-electron chi connectivity index (χ3n) is 4.86. The number of anilines is 1. The summed E-state index contributed by atoms with van der Waals surface area (Å²) in [5.41, 5.74) is 3.02. The largest absolute Gasteiger partial charge is 0.484 e. The number of aryl methyl sites for hydroxylation is 3. The predicted molar refractivity (Wildman–Crippen MR) is 123 cm³/mol. The minimum Gasteiger partial charge on any atom is -0.484 e. The maximum atomic E-state index is 13.4. The minimum atomic E-state index is -4.13. The van der Waals surface area contributed by atoms with Gasteiger partial charge in [0.2, 0.25) is 0 Å². The van der Waals surface area contributed by atoms with Crippen LogP contribution in [0.5, 0.6) is 5.75 Å². The number of hydrogen-bond acceptors (Lipinski definition) is 4. The molecule has 0 bridgehead atoms. The molecule has 0 aromatic heterocycles. The van der Waals surface area contributed by atoms with E-state index in [-0.39, 0.29) is 10.6 Å². The highest BCUT2D eigenvalue weighted by Crippen LogP contribution is 2.26. The van der Waals surface area contributed by atoms with Crippen LogP contribution in [0.2, 0.25) is 5.02 Å². The smallest absolute Gasteiger partial charge is 0.278 e. The van der Waals surface area contributed by atoms with Crippen LogP contribution in [-0.2, 0) is 21.2 Å². The van der Waals surface area contributed by atoms with Gasteiger partial charge in [-0.2, -0.15) is 4.31 Å². The fraction of sp³-hybridized carbons (Fsp3) is 0.208. The zero-order valence-electron chi connectivity index (χ0n) is 17.6. The average molecular weight is 458 g/mol. The number of benzene rings is 3. The van der Waals surface area contributed by atoms with Gasteiger partial charge in [-0.15, -0.1) is 0 Å². The second kappa shape index (κ2) is 9.54. The van der Waals surface area contributed by atoms with E-state index in [4.69, 9.17) is 16.3 Å². The molecule has 0 heterocycles. The molecule has 7 heteroatoms. The van der Waals surface area contributed by atoms with E-state index in [0.717, 1.165) is 27.4 Å². The van der Waals surface area contributed by atoms with E-state index >= 15 is 0 Å². The van der Waals surface area contributed by atoms with Crippen molar-refractivity contribution in [2.45, 2.75) is 32.1 Å². The van der Waals surface area contributed by atoms with Crippen molar-refractivity contribution in [1.82, 2.24) is 0 Å². The molecule has 1 amide bonds. The highest BCUT2D eigenvalue weighted by molar-refractivity contribution is 7.93. The molecule has 0 saturated carbocycles. The van der Waals surface area contributed by atoms with Crippen molar-refractivity contribution in [1.29, 1.82) is 0 Å². The second-order valence-electron chi connectivity index (χ2n) is 7.20. The van der Waals surface area contributed by atoms with E-state index < -0.39 is 22.5 Å². The molecule has 31 heavy (non-hydrogen) atoms. The summed E-state index contributed by atoms with van der Waals surface area (Å²) < 4.78 is 33.2. The van der Waals surface area contributed by atoms with Crippen molar-refractivity contribution in [3.8, 4) is 5.75 Å². The summed E-state index contributed by atoms with van der Waals surface area (Å²) in [7, 11) is -4.13. The molecule has 162 valence electrons. The Bertz CT molecular complexity index is 1170. The van der Waals surface area contributed by atoms with Gasteiger partial charge >= 0.3 is 0 Å². The standard InChI is InChI=1S/C24H24ClNO4S/c1-4-19-7-9-20(10-8-19)26(31(28,29)22-12-5-17(2)6-13-22)24(27)16-30-21-11-14-23(25)18(3)15-21/h5-15H,4,16H2,1-3H3. The van der Waals surface area contributed by atoms with E-state index in [9.17, 15) is 13.2 Å². The topological polar surface area (TPSA) is 63.7 Å². The fourth-order valence-electron chi connectivity index (χ4n) is 3.01. The van der Waals surface area contributed by atoms with Gasteiger partial charge in [-0.25, -0.2) is 8.42 Å². The van der Waals surface area contributed by atoms with Crippen LogP contribution >= 0.6 is 11.6 Å². The first-order chi connectivity index (χ1) is 14.7. The molecule has 0 unspecified atom stereocenters. The van der Waals surface area contributed by atoms with Gasteiger partial charge in [0.1, 0.15) is 5.75 Å². The maximum Gasteiger partial charge on any atom is 0.278 e. The molecule has 3 aromatic rings. The molecule has 3 aromatic carbocycles. The lowest BCUT2D eigenvalue weighted by Crippen LogP contribution is -2.40. The Morgan fingerprint density at radius 3 is 2.19 bits per heavy atom. The summed E-state index contributed by atoms with van der Waals surface area (Å²) in [6.45, 7) is 5.25. The summed E-state index contributed by atoms with van der Waals surface area (Å²) >= 11 is 6.03. The van der Waals surface area contributed by atoms with Crippen molar-refractivity contribution >= 4 is 33.2 Å². The molecule has 0 atom stereocenters. The molecule has 0 aliphatic heterocycles. The molecule has 0 aliphatic carbocycles. The van der Waals surface area contributed by atoms with Gasteiger partial charge in [0, 0.05) is 5.02 Å². The van der Waals surface area contributed by atoms with Crippen LogP contribution in [0.15, 0.2) is 71.6 Å². The highest BCUT2D eigenvalue weighted by atomic mass is 35.5. The molecule has 0 aliphatic rings. The molecule has 3 rings (SSSR count). The van der Waals surface area contributed by atoms with Crippen molar-refractivity contribution in [3.63, 3.8) is 0 Å². The summed E-state index contributed by atoms with van der Waals surface area (Å²) in [4.78, 5) is 13.1. The van der Waals surface area contributed by atoms with E-state index in [1.807, 2.05) is 32.9 Å². The normalized spacial score (nSPS) is 11.2. The Hall–Kier alpha value is -2.83. The Balaban J connectivity index is 1.95. The number of nitrogens with zero attached hydrogens (tertiary/aromatic N) is 1. The summed E-state index contributed by atoms with van der Waals surface area (Å²) in [6, 6.07) is 18.3. The zero-order valence-corrected chi connectivity index (χ0v) is 19.2. The van der Waals surface area contributed by atoms with Crippen LogP contribution < -0.4 is 9.04 Å². The average Bonchev–Trinajstić information content (AvgIpc) is 2.75. The third kappa shape index (κ3) is 5.27. The van der Waals surface area contributed by atoms with Crippen LogP contribution in [0.25, 0.3) is 0 Å². The van der Waals surface area contributed by atoms with Gasteiger partial charge in [0.15, 0.2) is 6.61 Å². The summed E-state index contributed by atoms with van der Waals surface area (Å²) in [5.74, 6) is -0.262. The number of ether oxygens (including phenoxy) is 1. The lowest BCUT2D eigenvalue weighted by Gasteiger charge is -2.23. The van der Waals surface area contributed by atoms with Crippen molar-refractivity contribution in [2.24, 2.45) is 0 Å². The van der Waals surface area contributed by atoms with Gasteiger partial charge in [0.05, 0.1) is 10.6 Å². The van der Waals surface area contributed by atoms with Gasteiger partial charge < -0.3 is 4.74 Å². The maximum absolute atomic E-state index is 13.4. The first kappa shape index (κ1) is 22.8. The van der Waals surface area contributed by atoms with Gasteiger partial charge in [-0.3, -0.25) is 4.79 Å². The van der Waals surface area contributed by atoms with Gasteiger partial charge in [-0.05, 0) is 73.9 Å². The van der Waals surface area contributed by atoms with Crippen molar-refractivity contribution < 1.29 is 17.9 Å². The number of rotatable bonds is 7. The quantitative estimate of drug-likeness (QED) is 0.481. The number of carbonyl (C=O) groups is 1. The molecule has 0 N–H and O–H groups in total. The third-order valence-corrected chi connectivity index (χ3v) is 7.04. The number of hydrogen-bond donors (Lipinski definition) is 0. The molecule has 5 nitrogen and oxygen atoms in total. The van der Waals surface area contributed by atoms with Gasteiger partial charge in [0.25, 0.3) is 15.9 Å². The van der Waals surface area contributed by atoms with Crippen LogP contribution in [0, 0.1) is 13.8 Å². The number of carbonyl (C=O) groups excluding carboxylic acids is 1. The van der Waals surface area contributed by atoms with Crippen molar-refractivity contribution in [3.05, 3.63) is 88.4 Å². The Morgan fingerprint density at radius 2 is 1.61 bits per heavy atom. The monoisotopic (exact) mass is 457 g/mol. The highest BCUT2D eigenvalue weighted by Gasteiger charge is 2.31. The molecule has 0 spiro atoms. The number of halogens is 1. The van der Waals surface area contributed by atoms with E-state index in [2.05, 4.69) is 0 Å². The molecule has 0 radical (unpaired) electrons. The number of amides is 1. The van der Waals surface area contributed by atoms with Crippen LogP contribution in [0.4, 0.5) is 5.69 Å². The summed E-state index contributed by atoms with van der Waals surface area (Å²) in [6.07, 6.45) is 0.804. The molecule has 0 saturated heterocycles. The second-order valence-corrected chi connectivity index (χ2v) is 9.39. The Kier molecular flexibility index (Phi) is 7.03. The predicted octanol–water partition coefficient (Wildman–Crippen LogP) is 5.32. The van der Waals surface area contributed by atoms with E-state index in [1.165, 1.54) is 12.1 Å². The van der Waals surface area contributed by atoms with Crippen molar-refractivity contribution in [2.75, 3.05) is 10.9 Å². The number of sulfonamides is 1. The molecular formula is C24H24ClNO4S. The lowest BCUT2D eigenvalue weighted by molar-refractivity contribution is -0.119. The fourth-order valence-corrected chi connectivity index (χ4v) is 4.54.